The number of halogens is 1. The largest absolute Gasteiger partial charge is 0.458 e. The number of nitrogens with zero attached hydrogens (tertiary/aromatic N) is 1. The highest BCUT2D eigenvalue weighted by Crippen LogP contribution is 2.52. The van der Waals surface area contributed by atoms with E-state index in [-0.39, 0.29) is 22.9 Å². The number of rotatable bonds is 3. The summed E-state index contributed by atoms with van der Waals surface area (Å²) in [5.41, 5.74) is 3.83. The Morgan fingerprint density at radius 2 is 1.86 bits per heavy atom. The summed E-state index contributed by atoms with van der Waals surface area (Å²) in [5.74, 6) is 1.21. The van der Waals surface area contributed by atoms with Crippen molar-refractivity contribution in [3.63, 3.8) is 0 Å². The van der Waals surface area contributed by atoms with E-state index < -0.39 is 4.92 Å². The number of carbonyl (C=O) groups excluding carboxylic acids is 1. The lowest BCUT2D eigenvalue weighted by atomic mass is 9.68. The fourth-order valence-corrected chi connectivity index (χ4v) is 5.74. The number of benzene rings is 3. The third-order valence-electron chi connectivity index (χ3n) is 7.07. The normalized spacial score (nSPS) is 18.5. The van der Waals surface area contributed by atoms with Gasteiger partial charge in [-0.1, -0.05) is 55.8 Å². The summed E-state index contributed by atoms with van der Waals surface area (Å²) in [6.07, 6.45) is 1.22. The van der Waals surface area contributed by atoms with Gasteiger partial charge in [0.25, 0.3) is 5.69 Å². The number of ketones is 1. The Morgan fingerprint density at radius 1 is 1.06 bits per heavy atom. The Balaban J connectivity index is 1.51. The summed E-state index contributed by atoms with van der Waals surface area (Å²) in [6.45, 7) is 4.22. The van der Waals surface area contributed by atoms with E-state index in [1.54, 1.807) is 6.07 Å². The van der Waals surface area contributed by atoms with Crippen LogP contribution in [0.4, 0.5) is 11.4 Å². The highest BCUT2D eigenvalue weighted by molar-refractivity contribution is 6.33. The van der Waals surface area contributed by atoms with Gasteiger partial charge in [-0.15, -0.1) is 0 Å². The van der Waals surface area contributed by atoms with Crippen LogP contribution in [0.25, 0.3) is 27.7 Å². The number of non-ortho nitro benzene ring substituents is 1. The molecule has 3 aromatic carbocycles. The van der Waals surface area contributed by atoms with Crippen molar-refractivity contribution in [1.82, 2.24) is 0 Å². The Morgan fingerprint density at radius 3 is 2.67 bits per heavy atom. The first-order chi connectivity index (χ1) is 17.2. The molecule has 0 amide bonds. The van der Waals surface area contributed by atoms with Crippen LogP contribution in [0, 0.1) is 15.5 Å². The maximum atomic E-state index is 13.6. The fourth-order valence-electron chi connectivity index (χ4n) is 5.53. The standard InChI is InChI=1S/C29H23ClN2O4/c1-29(2)14-20-27(23(33)15-29)26-18-6-4-3-5-16(18)7-10-22(26)31-28(20)25-12-11-24(36-25)19-13-17(32(34)35)8-9-21(19)30/h3-13,28,31H,14-15H2,1-2H3/t28-/m0/s1. The van der Waals surface area contributed by atoms with E-state index in [1.807, 2.05) is 24.3 Å². The molecular weight excluding hydrogens is 476 g/mol. The van der Waals surface area contributed by atoms with Crippen molar-refractivity contribution < 1.29 is 14.1 Å². The minimum absolute atomic E-state index is 0.0615. The fraction of sp³-hybridized carbons (Fsp3) is 0.207. The van der Waals surface area contributed by atoms with Gasteiger partial charge in [0, 0.05) is 40.9 Å². The lowest BCUT2D eigenvalue weighted by molar-refractivity contribution is -0.384. The minimum Gasteiger partial charge on any atom is -0.458 e. The first kappa shape index (κ1) is 22.6. The number of fused-ring (bicyclic) bond motifs is 4. The average molecular weight is 499 g/mol. The van der Waals surface area contributed by atoms with Crippen LogP contribution in [-0.4, -0.2) is 10.7 Å². The van der Waals surface area contributed by atoms with Crippen molar-refractivity contribution in [3.05, 3.63) is 98.8 Å². The molecule has 6 rings (SSSR count). The monoisotopic (exact) mass is 498 g/mol. The highest BCUT2D eigenvalue weighted by Gasteiger charge is 2.41. The van der Waals surface area contributed by atoms with E-state index in [1.165, 1.54) is 18.2 Å². The Kier molecular flexibility index (Phi) is 5.05. The number of nitro groups is 1. The molecule has 180 valence electrons. The molecule has 2 heterocycles. The second-order valence-corrected chi connectivity index (χ2v) is 10.7. The Labute approximate surface area is 212 Å². The first-order valence-electron chi connectivity index (χ1n) is 11.8. The number of carbonyl (C=O) groups is 1. The summed E-state index contributed by atoms with van der Waals surface area (Å²) in [6, 6.07) is 19.7. The molecule has 0 bridgehead atoms. The summed E-state index contributed by atoms with van der Waals surface area (Å²) in [4.78, 5) is 24.4. The van der Waals surface area contributed by atoms with E-state index in [0.29, 0.717) is 28.5 Å². The number of allylic oxidation sites excluding steroid dienone is 1. The number of furan rings is 1. The number of Topliss-reactive ketones (excluding diaryl/α,β-unsaturated/α-hetero) is 1. The van der Waals surface area contributed by atoms with Gasteiger partial charge in [-0.2, -0.15) is 0 Å². The number of nitrogens with one attached hydrogen (secondary N) is 1. The molecule has 4 aromatic rings. The van der Waals surface area contributed by atoms with Crippen LogP contribution < -0.4 is 5.32 Å². The second-order valence-electron chi connectivity index (χ2n) is 10.3. The van der Waals surface area contributed by atoms with Gasteiger partial charge in [0.1, 0.15) is 17.6 Å². The van der Waals surface area contributed by atoms with Crippen LogP contribution in [-0.2, 0) is 4.79 Å². The molecule has 1 aromatic heterocycles. The zero-order chi connectivity index (χ0) is 25.2. The van der Waals surface area contributed by atoms with Crippen molar-refractivity contribution in [1.29, 1.82) is 0 Å². The van der Waals surface area contributed by atoms with Gasteiger partial charge in [-0.3, -0.25) is 14.9 Å². The van der Waals surface area contributed by atoms with Crippen LogP contribution in [0.2, 0.25) is 5.02 Å². The summed E-state index contributed by atoms with van der Waals surface area (Å²) in [5, 5.41) is 17.4. The molecule has 0 fully saturated rings. The minimum atomic E-state index is -0.458. The molecule has 1 atom stereocenters. The number of anilines is 1. The summed E-state index contributed by atoms with van der Waals surface area (Å²) < 4.78 is 6.26. The molecule has 1 N–H and O–H groups in total. The van der Waals surface area contributed by atoms with Crippen LogP contribution >= 0.6 is 11.6 Å². The number of nitro benzene ring substituents is 1. The van der Waals surface area contributed by atoms with Crippen molar-refractivity contribution in [2.45, 2.75) is 32.7 Å². The molecule has 0 unspecified atom stereocenters. The molecule has 0 radical (unpaired) electrons. The van der Waals surface area contributed by atoms with E-state index >= 15 is 0 Å². The van der Waals surface area contributed by atoms with Gasteiger partial charge in [0.05, 0.1) is 9.95 Å². The molecule has 2 aliphatic rings. The molecule has 7 heteroatoms. The lowest BCUT2D eigenvalue weighted by Crippen LogP contribution is -2.32. The second kappa shape index (κ2) is 8.07. The van der Waals surface area contributed by atoms with Crippen molar-refractivity contribution >= 4 is 45.1 Å². The Hall–Kier alpha value is -3.90. The van der Waals surface area contributed by atoms with Crippen molar-refractivity contribution in [2.24, 2.45) is 5.41 Å². The average Bonchev–Trinajstić information content (AvgIpc) is 3.32. The lowest BCUT2D eigenvalue weighted by Gasteiger charge is -2.39. The third kappa shape index (κ3) is 3.60. The predicted octanol–water partition coefficient (Wildman–Crippen LogP) is 7.97. The molecular formula is C29H23ClN2O4. The van der Waals surface area contributed by atoms with Gasteiger partial charge < -0.3 is 9.73 Å². The van der Waals surface area contributed by atoms with Crippen LogP contribution in [0.1, 0.15) is 44.1 Å². The number of hydrogen-bond acceptors (Lipinski definition) is 5. The van der Waals surface area contributed by atoms with E-state index in [2.05, 4.69) is 37.4 Å². The van der Waals surface area contributed by atoms with Gasteiger partial charge >= 0.3 is 0 Å². The van der Waals surface area contributed by atoms with Crippen LogP contribution in [0.5, 0.6) is 0 Å². The number of hydrogen-bond donors (Lipinski definition) is 1. The molecule has 1 aliphatic carbocycles. The predicted molar refractivity (Wildman–Crippen MR) is 141 cm³/mol. The molecule has 0 spiro atoms. The quantitative estimate of drug-likeness (QED) is 0.228. The SMILES string of the molecule is CC1(C)CC(=O)C2=C(C1)[C@@H](c1ccc(-c3cc([N+](=O)[O-])ccc3Cl)o1)Nc1ccc3ccccc3c12. The third-order valence-corrected chi connectivity index (χ3v) is 7.40. The molecule has 6 nitrogen and oxygen atoms in total. The maximum Gasteiger partial charge on any atom is 0.270 e. The smallest absolute Gasteiger partial charge is 0.270 e. The first-order valence-corrected chi connectivity index (χ1v) is 12.2. The topological polar surface area (TPSA) is 85.4 Å². The maximum absolute atomic E-state index is 13.6. The van der Waals surface area contributed by atoms with E-state index in [9.17, 15) is 14.9 Å². The van der Waals surface area contributed by atoms with Gasteiger partial charge in [0.2, 0.25) is 0 Å². The molecule has 0 saturated carbocycles. The van der Waals surface area contributed by atoms with Gasteiger partial charge in [-0.05, 0) is 52.4 Å². The Bertz CT molecular complexity index is 1610. The molecule has 36 heavy (non-hydrogen) atoms. The zero-order valence-electron chi connectivity index (χ0n) is 19.8. The molecule has 1 aliphatic heterocycles. The van der Waals surface area contributed by atoms with Gasteiger partial charge in [-0.25, -0.2) is 0 Å². The van der Waals surface area contributed by atoms with E-state index in [0.717, 1.165) is 39.6 Å². The van der Waals surface area contributed by atoms with Gasteiger partial charge in [0.15, 0.2) is 5.78 Å². The van der Waals surface area contributed by atoms with E-state index in [4.69, 9.17) is 16.0 Å². The zero-order valence-corrected chi connectivity index (χ0v) is 20.6. The van der Waals surface area contributed by atoms with Crippen molar-refractivity contribution in [2.75, 3.05) is 5.32 Å². The summed E-state index contributed by atoms with van der Waals surface area (Å²) >= 11 is 6.37. The highest BCUT2D eigenvalue weighted by atomic mass is 35.5. The van der Waals surface area contributed by atoms with Crippen LogP contribution in [0.15, 0.2) is 76.7 Å². The van der Waals surface area contributed by atoms with Crippen molar-refractivity contribution in [3.8, 4) is 11.3 Å². The summed E-state index contributed by atoms with van der Waals surface area (Å²) in [7, 11) is 0. The van der Waals surface area contributed by atoms with Crippen LogP contribution in [0.3, 0.4) is 0 Å². The molecule has 0 saturated heterocycles.